The third-order valence-electron chi connectivity index (χ3n) is 3.37. The smallest absolute Gasteiger partial charge is 0.324 e. The number of ether oxygens (including phenoxy) is 1. The van der Waals surface area contributed by atoms with E-state index in [2.05, 4.69) is 23.9 Å². The van der Waals surface area contributed by atoms with Crippen molar-refractivity contribution < 1.29 is 9.53 Å². The molecule has 1 aliphatic rings. The van der Waals surface area contributed by atoms with Crippen LogP contribution in [-0.2, 0) is 9.53 Å². The first kappa shape index (κ1) is 15.4. The molecule has 1 saturated heterocycles. The van der Waals surface area contributed by atoms with Gasteiger partial charge in [0.1, 0.15) is 6.04 Å². The number of nitrogens with zero attached hydrogens (tertiary/aromatic N) is 2. The Hall–Kier alpha value is -0.650. The molecule has 1 unspecified atom stereocenters. The van der Waals surface area contributed by atoms with Gasteiger partial charge in [-0.25, -0.2) is 0 Å². The topological polar surface area (TPSA) is 58.8 Å². The molecule has 1 rings (SSSR count). The second-order valence-corrected chi connectivity index (χ2v) is 5.36. The van der Waals surface area contributed by atoms with Crippen molar-refractivity contribution in [3.05, 3.63) is 0 Å². The minimum atomic E-state index is -0.504. The summed E-state index contributed by atoms with van der Waals surface area (Å²) in [4.78, 5) is 16.0. The normalized spacial score (nSPS) is 20.1. The molecule has 0 aromatic carbocycles. The second kappa shape index (κ2) is 7.71. The van der Waals surface area contributed by atoms with E-state index < -0.39 is 6.04 Å². The molecule has 0 amide bonds. The van der Waals surface area contributed by atoms with Gasteiger partial charge < -0.3 is 20.3 Å². The molecule has 1 fully saturated rings. The molecule has 0 aromatic heterocycles. The first-order chi connectivity index (χ1) is 8.52. The predicted octanol–water partition coefficient (Wildman–Crippen LogP) is 0.150. The van der Waals surface area contributed by atoms with E-state index in [1.54, 1.807) is 6.92 Å². The van der Waals surface area contributed by atoms with E-state index in [1.165, 1.54) is 12.8 Å². The van der Waals surface area contributed by atoms with E-state index in [0.717, 1.165) is 25.6 Å². The van der Waals surface area contributed by atoms with Gasteiger partial charge >= 0.3 is 5.97 Å². The quantitative estimate of drug-likeness (QED) is 0.686. The number of nitrogens with two attached hydrogens (primary N) is 1. The number of likely N-dealkylation sites (tertiary alicyclic amines) is 1. The zero-order chi connectivity index (χ0) is 13.5. The van der Waals surface area contributed by atoms with Gasteiger partial charge in [0.05, 0.1) is 6.61 Å². The van der Waals surface area contributed by atoms with Crippen LogP contribution in [0.4, 0.5) is 0 Å². The molecule has 106 valence electrons. The van der Waals surface area contributed by atoms with Gasteiger partial charge in [-0.15, -0.1) is 0 Å². The largest absolute Gasteiger partial charge is 0.465 e. The average Bonchev–Trinajstić information content (AvgIpc) is 2.31. The molecule has 0 aliphatic carbocycles. The molecular weight excluding hydrogens is 230 g/mol. The van der Waals surface area contributed by atoms with Crippen LogP contribution in [0.15, 0.2) is 0 Å². The molecule has 0 spiro atoms. The Morgan fingerprint density at radius 1 is 1.44 bits per heavy atom. The van der Waals surface area contributed by atoms with Crippen LogP contribution in [0.2, 0.25) is 0 Å². The Kier molecular flexibility index (Phi) is 6.60. The monoisotopic (exact) mass is 257 g/mol. The molecule has 18 heavy (non-hydrogen) atoms. The average molecular weight is 257 g/mol. The van der Waals surface area contributed by atoms with Gasteiger partial charge in [0.2, 0.25) is 0 Å². The van der Waals surface area contributed by atoms with E-state index in [-0.39, 0.29) is 5.97 Å². The summed E-state index contributed by atoms with van der Waals surface area (Å²) in [5.74, 6) is 0.489. The maximum absolute atomic E-state index is 11.4. The van der Waals surface area contributed by atoms with Crippen molar-refractivity contribution in [2.45, 2.75) is 25.8 Å². The Morgan fingerprint density at radius 2 is 2.06 bits per heavy atom. The molecule has 0 saturated carbocycles. The van der Waals surface area contributed by atoms with Crippen LogP contribution < -0.4 is 5.73 Å². The molecule has 0 aromatic rings. The minimum Gasteiger partial charge on any atom is -0.465 e. The van der Waals surface area contributed by atoms with E-state index >= 15 is 0 Å². The lowest BCUT2D eigenvalue weighted by molar-refractivity contribution is -0.145. The van der Waals surface area contributed by atoms with Crippen LogP contribution in [0.3, 0.4) is 0 Å². The summed E-state index contributed by atoms with van der Waals surface area (Å²) in [5.41, 5.74) is 5.83. The highest BCUT2D eigenvalue weighted by Gasteiger charge is 2.23. The van der Waals surface area contributed by atoms with E-state index in [0.29, 0.717) is 13.2 Å². The van der Waals surface area contributed by atoms with Crippen molar-refractivity contribution in [3.63, 3.8) is 0 Å². The SMILES string of the molecule is CCOC(=O)C(N)CN1CCC(CN(C)C)CC1. The predicted molar refractivity (Wildman–Crippen MR) is 72.3 cm³/mol. The molecule has 1 heterocycles. The molecule has 1 atom stereocenters. The lowest BCUT2D eigenvalue weighted by Crippen LogP contribution is -2.47. The van der Waals surface area contributed by atoms with Gasteiger partial charge in [-0.1, -0.05) is 0 Å². The standard InChI is InChI=1S/C13H27N3O2/c1-4-18-13(17)12(14)10-16-7-5-11(6-8-16)9-15(2)3/h11-12H,4-10,14H2,1-3H3. The highest BCUT2D eigenvalue weighted by molar-refractivity contribution is 5.75. The summed E-state index contributed by atoms with van der Waals surface area (Å²) >= 11 is 0. The molecule has 1 aliphatic heterocycles. The Bertz CT molecular complexity index is 251. The zero-order valence-electron chi connectivity index (χ0n) is 11.9. The van der Waals surface area contributed by atoms with Crippen LogP contribution >= 0.6 is 0 Å². The van der Waals surface area contributed by atoms with Crippen molar-refractivity contribution in [2.75, 3.05) is 46.9 Å². The van der Waals surface area contributed by atoms with Gasteiger partial charge in [0, 0.05) is 13.1 Å². The molecule has 0 radical (unpaired) electrons. The lowest BCUT2D eigenvalue weighted by atomic mass is 9.96. The maximum atomic E-state index is 11.4. The fraction of sp³-hybridized carbons (Fsp3) is 0.923. The second-order valence-electron chi connectivity index (χ2n) is 5.36. The third-order valence-corrected chi connectivity index (χ3v) is 3.37. The summed E-state index contributed by atoms with van der Waals surface area (Å²) in [5, 5.41) is 0. The van der Waals surface area contributed by atoms with Gasteiger partial charge in [-0.3, -0.25) is 4.79 Å². The van der Waals surface area contributed by atoms with Gasteiger partial charge in [-0.2, -0.15) is 0 Å². The van der Waals surface area contributed by atoms with E-state index in [1.807, 2.05) is 0 Å². The number of carbonyl (C=O) groups is 1. The molecule has 2 N–H and O–H groups in total. The van der Waals surface area contributed by atoms with E-state index in [9.17, 15) is 4.79 Å². The fourth-order valence-electron chi connectivity index (χ4n) is 2.47. The first-order valence-electron chi connectivity index (χ1n) is 6.82. The van der Waals surface area contributed by atoms with Crippen LogP contribution in [0.5, 0.6) is 0 Å². The van der Waals surface area contributed by atoms with Crippen molar-refractivity contribution in [1.82, 2.24) is 9.80 Å². The number of piperidine rings is 1. The summed E-state index contributed by atoms with van der Waals surface area (Å²) in [6.07, 6.45) is 2.38. The van der Waals surface area contributed by atoms with Gasteiger partial charge in [-0.05, 0) is 52.9 Å². The zero-order valence-corrected chi connectivity index (χ0v) is 11.9. The maximum Gasteiger partial charge on any atom is 0.324 e. The number of hydrogen-bond donors (Lipinski definition) is 1. The van der Waals surface area contributed by atoms with Crippen LogP contribution in [0.25, 0.3) is 0 Å². The number of hydrogen-bond acceptors (Lipinski definition) is 5. The summed E-state index contributed by atoms with van der Waals surface area (Å²) in [7, 11) is 4.23. The Labute approximate surface area is 110 Å². The highest BCUT2D eigenvalue weighted by atomic mass is 16.5. The number of carbonyl (C=O) groups excluding carboxylic acids is 1. The number of rotatable bonds is 6. The van der Waals surface area contributed by atoms with Crippen molar-refractivity contribution >= 4 is 5.97 Å². The Balaban J connectivity index is 2.24. The van der Waals surface area contributed by atoms with Crippen molar-refractivity contribution in [3.8, 4) is 0 Å². The lowest BCUT2D eigenvalue weighted by Gasteiger charge is -2.34. The van der Waals surface area contributed by atoms with Crippen LogP contribution in [0.1, 0.15) is 19.8 Å². The molecular formula is C13H27N3O2. The molecule has 5 heteroatoms. The van der Waals surface area contributed by atoms with Crippen molar-refractivity contribution in [2.24, 2.45) is 11.7 Å². The summed E-state index contributed by atoms with van der Waals surface area (Å²) in [6, 6.07) is -0.504. The Morgan fingerprint density at radius 3 is 2.56 bits per heavy atom. The fourth-order valence-corrected chi connectivity index (χ4v) is 2.47. The molecule has 0 bridgehead atoms. The van der Waals surface area contributed by atoms with Gasteiger partial charge in [0.25, 0.3) is 0 Å². The van der Waals surface area contributed by atoms with Gasteiger partial charge in [0.15, 0.2) is 0 Å². The van der Waals surface area contributed by atoms with Crippen LogP contribution in [0, 0.1) is 5.92 Å². The minimum absolute atomic E-state index is 0.284. The first-order valence-corrected chi connectivity index (χ1v) is 6.82. The van der Waals surface area contributed by atoms with E-state index in [4.69, 9.17) is 10.5 Å². The van der Waals surface area contributed by atoms with Crippen LogP contribution in [-0.4, -0.2) is 68.7 Å². The van der Waals surface area contributed by atoms with Crippen molar-refractivity contribution in [1.29, 1.82) is 0 Å². The summed E-state index contributed by atoms with van der Waals surface area (Å²) in [6.45, 7) is 6.04. The molecule has 5 nitrogen and oxygen atoms in total. The third kappa shape index (κ3) is 5.33. The summed E-state index contributed by atoms with van der Waals surface area (Å²) < 4.78 is 4.92. The highest BCUT2D eigenvalue weighted by Crippen LogP contribution is 2.17. The number of esters is 1.